The van der Waals surface area contributed by atoms with Crippen molar-refractivity contribution < 1.29 is 30.0 Å². The Labute approximate surface area is 304 Å². The van der Waals surface area contributed by atoms with E-state index in [4.69, 9.17) is 4.98 Å². The molecule has 0 saturated carbocycles. The third-order valence-electron chi connectivity index (χ3n) is 9.96. The van der Waals surface area contributed by atoms with E-state index in [1.165, 1.54) is 41.9 Å². The molecule has 4 heterocycles. The summed E-state index contributed by atoms with van der Waals surface area (Å²) in [6.07, 6.45) is 6.45. The van der Waals surface area contributed by atoms with Crippen molar-refractivity contribution in [2.24, 2.45) is 10.8 Å². The second-order valence-electron chi connectivity index (χ2n) is 13.7. The number of allylic oxidation sites excluding steroid dienone is 2. The normalized spacial score (nSPS) is 12.8. The number of aromatic nitrogens is 2. The van der Waals surface area contributed by atoms with Crippen LogP contribution in [0, 0.1) is 16.9 Å². The summed E-state index contributed by atoms with van der Waals surface area (Å²) in [5, 5.41) is 18.1. The number of aliphatic hydroxyl groups is 1. The Bertz CT molecular complexity index is 2050. The first-order valence-corrected chi connectivity index (χ1v) is 18.8. The topological polar surface area (TPSA) is 63.1 Å². The van der Waals surface area contributed by atoms with Crippen molar-refractivity contribution in [3.8, 4) is 11.3 Å². The molecule has 0 bridgehead atoms. The minimum atomic E-state index is -0.337. The molecule has 6 rings (SSSR count). The number of nitrogens with zero attached hydrogens (tertiary/aromatic N) is 2. The quantitative estimate of drug-likeness (QED) is 0.0941. The van der Waals surface area contributed by atoms with Gasteiger partial charge in [-0.1, -0.05) is 73.4 Å². The molecule has 0 saturated heterocycles. The fraction of sp³-hybridized carbons (Fsp3) is 0.410. The zero-order chi connectivity index (χ0) is 33.4. The number of hydrogen-bond donors (Lipinski definition) is 1. The molecule has 0 fully saturated rings. The largest absolute Gasteiger partial charge is 0.512 e. The molecular weight excluding hydrogens is 817 g/mol. The zero-order valence-corrected chi connectivity index (χ0v) is 33.7. The Balaban J connectivity index is 0.000000242. The number of hydrogen-bond acceptors (Lipinski definition) is 7. The van der Waals surface area contributed by atoms with Crippen LogP contribution in [0.1, 0.15) is 93.6 Å². The van der Waals surface area contributed by atoms with Crippen LogP contribution in [0.25, 0.3) is 51.7 Å². The van der Waals surface area contributed by atoms with Crippen LogP contribution in [0.2, 0.25) is 0 Å². The predicted octanol–water partition coefficient (Wildman–Crippen LogP) is 12.7. The second-order valence-corrected chi connectivity index (χ2v) is 16.7. The Morgan fingerprint density at radius 2 is 1.51 bits per heavy atom. The number of thiophene rings is 3. The van der Waals surface area contributed by atoms with Gasteiger partial charge < -0.3 is 5.11 Å². The van der Waals surface area contributed by atoms with Gasteiger partial charge in [0.1, 0.15) is 12.1 Å². The first-order valence-electron chi connectivity index (χ1n) is 16.2. The average molecular weight is 862 g/mol. The summed E-state index contributed by atoms with van der Waals surface area (Å²) in [5.41, 5.74) is 3.89. The first-order chi connectivity index (χ1) is 21.8. The summed E-state index contributed by atoms with van der Waals surface area (Å²) >= 11 is 5.36. The smallest absolute Gasteiger partial charge is 0.164 e. The van der Waals surface area contributed by atoms with Crippen LogP contribution in [-0.4, -0.2) is 20.9 Å². The van der Waals surface area contributed by atoms with Gasteiger partial charge in [0.2, 0.25) is 0 Å². The van der Waals surface area contributed by atoms with Crippen LogP contribution >= 0.6 is 34.0 Å². The van der Waals surface area contributed by atoms with Crippen molar-refractivity contribution in [1.29, 1.82) is 0 Å². The molecule has 0 spiro atoms. The summed E-state index contributed by atoms with van der Waals surface area (Å²) in [6, 6.07) is 14.8. The molecule has 4 aromatic heterocycles. The molecule has 0 atom stereocenters. The Kier molecular flexibility index (Phi) is 11.6. The number of benzene rings is 2. The van der Waals surface area contributed by atoms with E-state index in [9.17, 15) is 9.90 Å². The van der Waals surface area contributed by atoms with Crippen molar-refractivity contribution in [1.82, 2.24) is 9.97 Å². The molecule has 2 aromatic carbocycles. The van der Waals surface area contributed by atoms with Gasteiger partial charge in [0.25, 0.3) is 0 Å². The van der Waals surface area contributed by atoms with Crippen molar-refractivity contribution in [2.45, 2.75) is 93.4 Å². The monoisotopic (exact) mass is 862 g/mol. The SMILES string of the molecule is CC(C)(C)c1cc(-c2ncnc3c2sc2cc4ccsc4cc23)[c-]c2ccsc12.CCC(C)(CC)C(=O)/C=C(\O)C(C)(CC)CC.[Ir]. The Morgan fingerprint density at radius 1 is 0.851 bits per heavy atom. The maximum atomic E-state index is 12.2. The molecule has 0 unspecified atom stereocenters. The number of ketones is 1. The first kappa shape index (κ1) is 37.3. The molecule has 4 nitrogen and oxygen atoms in total. The van der Waals surface area contributed by atoms with Gasteiger partial charge in [-0.25, -0.2) is 4.98 Å². The van der Waals surface area contributed by atoms with Gasteiger partial charge in [-0.05, 0) is 70.1 Å². The summed E-state index contributed by atoms with van der Waals surface area (Å²) in [7, 11) is 0. The van der Waals surface area contributed by atoms with Gasteiger partial charge in [-0.3, -0.25) is 9.78 Å². The van der Waals surface area contributed by atoms with Crippen LogP contribution < -0.4 is 0 Å². The Morgan fingerprint density at radius 3 is 2.15 bits per heavy atom. The fourth-order valence-corrected chi connectivity index (χ4v) is 8.68. The van der Waals surface area contributed by atoms with E-state index in [0.717, 1.165) is 47.2 Å². The molecule has 1 radical (unpaired) electrons. The van der Waals surface area contributed by atoms with E-state index < -0.39 is 0 Å². The van der Waals surface area contributed by atoms with Crippen LogP contribution in [0.5, 0.6) is 0 Å². The number of aliphatic hydroxyl groups excluding tert-OH is 1. The maximum absolute atomic E-state index is 12.2. The number of carbonyl (C=O) groups is 1. The summed E-state index contributed by atoms with van der Waals surface area (Å²) in [4.78, 5) is 21.6. The third kappa shape index (κ3) is 7.28. The summed E-state index contributed by atoms with van der Waals surface area (Å²) in [6.45, 7) is 18.9. The van der Waals surface area contributed by atoms with E-state index in [0.29, 0.717) is 0 Å². The van der Waals surface area contributed by atoms with Crippen LogP contribution in [0.3, 0.4) is 0 Å². The molecule has 0 amide bonds. The van der Waals surface area contributed by atoms with Crippen LogP contribution in [0.15, 0.2) is 59.3 Å². The van der Waals surface area contributed by atoms with Crippen molar-refractivity contribution in [3.63, 3.8) is 0 Å². The van der Waals surface area contributed by atoms with Crippen molar-refractivity contribution >= 4 is 80.3 Å². The number of rotatable bonds is 8. The van der Waals surface area contributed by atoms with E-state index in [-0.39, 0.29) is 47.9 Å². The molecule has 47 heavy (non-hydrogen) atoms. The standard InChI is InChI=1S/C24H17N2S3.C15H28O2.Ir/c1-24(2,3)17-9-15(8-14-5-7-28-22(14)17)20-23-21(26-12-25-20)16-11-18-13(4-6-27-18)10-19(16)29-23;1-7-14(5,8-2)12(16)11-13(17)15(6,9-3)10-4;/h4-7,9-12H,1-3H3;11,16H,7-10H2,1-6H3;/q-1;;/b;12-11-;. The maximum Gasteiger partial charge on any atom is 0.164 e. The van der Waals surface area contributed by atoms with Gasteiger partial charge in [0.05, 0.1) is 5.52 Å². The van der Waals surface area contributed by atoms with Gasteiger partial charge in [0.15, 0.2) is 5.78 Å². The molecule has 8 heteroatoms. The molecule has 0 aliphatic heterocycles. The van der Waals surface area contributed by atoms with Crippen molar-refractivity contribution in [3.05, 3.63) is 70.9 Å². The van der Waals surface area contributed by atoms with Gasteiger partial charge in [-0.15, -0.1) is 46.3 Å². The van der Waals surface area contributed by atoms with Crippen LogP contribution in [0.4, 0.5) is 0 Å². The molecule has 0 aliphatic carbocycles. The minimum absolute atomic E-state index is 0. The van der Waals surface area contributed by atoms with E-state index in [1.54, 1.807) is 40.3 Å². The van der Waals surface area contributed by atoms with E-state index in [1.807, 2.05) is 41.5 Å². The minimum Gasteiger partial charge on any atom is -0.512 e. The second kappa shape index (κ2) is 14.6. The van der Waals surface area contributed by atoms with Crippen LogP contribution in [-0.2, 0) is 30.3 Å². The Hall–Kier alpha value is -2.48. The summed E-state index contributed by atoms with van der Waals surface area (Å²) in [5.74, 6) is 0.286. The molecule has 6 aromatic rings. The molecular formula is C39H45IrN2O2S3-. The van der Waals surface area contributed by atoms with Gasteiger partial charge >= 0.3 is 0 Å². The molecule has 251 valence electrons. The molecule has 0 aliphatic rings. The third-order valence-corrected chi connectivity index (χ3v) is 12.9. The average Bonchev–Trinajstić information content (AvgIpc) is 3.80. The number of fused-ring (bicyclic) bond motifs is 5. The predicted molar refractivity (Wildman–Crippen MR) is 202 cm³/mol. The summed E-state index contributed by atoms with van der Waals surface area (Å²) < 4.78 is 5.04. The number of carbonyl (C=O) groups excluding carboxylic acids is 1. The van der Waals surface area contributed by atoms with E-state index in [2.05, 4.69) is 72.9 Å². The van der Waals surface area contributed by atoms with Gasteiger partial charge in [-0.2, -0.15) is 11.3 Å². The fourth-order valence-electron chi connectivity index (χ4n) is 5.60. The zero-order valence-electron chi connectivity index (χ0n) is 28.8. The van der Waals surface area contributed by atoms with Gasteiger partial charge in [0, 0.05) is 62.2 Å². The molecule has 1 N–H and O–H groups in total. The van der Waals surface area contributed by atoms with Crippen molar-refractivity contribution in [2.75, 3.05) is 0 Å². The van der Waals surface area contributed by atoms with E-state index >= 15 is 0 Å².